The molecule has 3 atom stereocenters. The largest absolute Gasteiger partial charge is 0.497 e. The SMILES string of the molecule is COc1cccc(CN(C(=O)OC2C(C)CCCC2C)c2ccnc(Nc3ccc(N4CCN(C)C(C)C4)c(F)c3)n2)c1. The van der Waals surface area contributed by atoms with Crippen molar-refractivity contribution in [3.8, 4) is 5.75 Å². The van der Waals surface area contributed by atoms with E-state index in [2.05, 4.69) is 52.9 Å². The third kappa shape index (κ3) is 7.36. The third-order valence-corrected chi connectivity index (χ3v) is 8.79. The van der Waals surface area contributed by atoms with Crippen molar-refractivity contribution in [1.29, 1.82) is 0 Å². The van der Waals surface area contributed by atoms with E-state index >= 15 is 4.39 Å². The molecule has 1 amide bonds. The van der Waals surface area contributed by atoms with E-state index in [0.29, 0.717) is 29.0 Å². The summed E-state index contributed by atoms with van der Waals surface area (Å²) in [6.45, 7) is 9.08. The molecule has 230 valence electrons. The number of carbonyl (C=O) groups is 1. The van der Waals surface area contributed by atoms with Gasteiger partial charge in [-0.1, -0.05) is 32.4 Å². The lowest BCUT2D eigenvalue weighted by Gasteiger charge is -2.39. The number of nitrogens with one attached hydrogen (secondary N) is 1. The second-order valence-corrected chi connectivity index (χ2v) is 12.0. The molecule has 2 aliphatic rings. The molecular formula is C33H43FN6O3. The van der Waals surface area contributed by atoms with Gasteiger partial charge in [0.25, 0.3) is 0 Å². The molecule has 0 bridgehead atoms. The Labute approximate surface area is 254 Å². The van der Waals surface area contributed by atoms with Crippen molar-refractivity contribution >= 4 is 29.2 Å². The quantitative estimate of drug-likeness (QED) is 0.319. The Morgan fingerprint density at radius 3 is 2.60 bits per heavy atom. The van der Waals surface area contributed by atoms with E-state index in [9.17, 15) is 4.79 Å². The van der Waals surface area contributed by atoms with Crippen molar-refractivity contribution in [2.24, 2.45) is 11.8 Å². The minimum absolute atomic E-state index is 0.168. The zero-order valence-corrected chi connectivity index (χ0v) is 25.8. The van der Waals surface area contributed by atoms with Crippen LogP contribution in [0.4, 0.5) is 32.3 Å². The number of anilines is 4. The minimum atomic E-state index is -0.463. The predicted octanol–water partition coefficient (Wildman–Crippen LogP) is 6.48. The summed E-state index contributed by atoms with van der Waals surface area (Å²) in [5, 5.41) is 3.11. The van der Waals surface area contributed by atoms with E-state index in [1.807, 2.05) is 30.3 Å². The summed E-state index contributed by atoms with van der Waals surface area (Å²) in [5.74, 6) is 1.58. The van der Waals surface area contributed by atoms with Crippen molar-refractivity contribution < 1.29 is 18.7 Å². The zero-order chi connectivity index (χ0) is 30.5. The first-order valence-corrected chi connectivity index (χ1v) is 15.2. The molecule has 1 aliphatic carbocycles. The Kier molecular flexibility index (Phi) is 9.65. The molecule has 2 aromatic carbocycles. The molecule has 1 N–H and O–H groups in total. The molecule has 0 radical (unpaired) electrons. The summed E-state index contributed by atoms with van der Waals surface area (Å²) < 4.78 is 26.8. The van der Waals surface area contributed by atoms with Crippen LogP contribution >= 0.6 is 0 Å². The highest BCUT2D eigenvalue weighted by atomic mass is 19.1. The van der Waals surface area contributed by atoms with Gasteiger partial charge in [0.1, 0.15) is 23.5 Å². The molecule has 1 aromatic heterocycles. The number of benzene rings is 2. The second-order valence-electron chi connectivity index (χ2n) is 12.0. The molecule has 3 unspecified atom stereocenters. The van der Waals surface area contributed by atoms with Crippen LogP contribution < -0.4 is 19.9 Å². The predicted molar refractivity (Wildman–Crippen MR) is 168 cm³/mol. The van der Waals surface area contributed by atoms with Crippen molar-refractivity contribution in [2.45, 2.75) is 58.7 Å². The Morgan fingerprint density at radius 2 is 1.88 bits per heavy atom. The lowest BCUT2D eigenvalue weighted by Crippen LogP contribution is -2.50. The average molecular weight is 591 g/mol. The van der Waals surface area contributed by atoms with Gasteiger partial charge >= 0.3 is 6.09 Å². The van der Waals surface area contributed by atoms with Gasteiger partial charge < -0.3 is 24.6 Å². The second kappa shape index (κ2) is 13.6. The molecule has 9 nitrogen and oxygen atoms in total. The van der Waals surface area contributed by atoms with Crippen molar-refractivity contribution in [2.75, 3.05) is 48.9 Å². The van der Waals surface area contributed by atoms with Gasteiger partial charge in [-0.05, 0) is 80.6 Å². The van der Waals surface area contributed by atoms with Gasteiger partial charge in [-0.3, -0.25) is 4.90 Å². The number of rotatable bonds is 8. The van der Waals surface area contributed by atoms with Gasteiger partial charge in [-0.2, -0.15) is 4.98 Å². The maximum absolute atomic E-state index is 15.2. The molecule has 5 rings (SSSR count). The van der Waals surface area contributed by atoms with Gasteiger partial charge in [-0.15, -0.1) is 0 Å². The fourth-order valence-corrected chi connectivity index (χ4v) is 6.05. The van der Waals surface area contributed by atoms with Crippen LogP contribution in [0.1, 0.15) is 45.6 Å². The molecule has 0 spiro atoms. The molecule has 1 aliphatic heterocycles. The summed E-state index contributed by atoms with van der Waals surface area (Å²) in [5.41, 5.74) is 1.97. The van der Waals surface area contributed by atoms with E-state index in [4.69, 9.17) is 9.47 Å². The molecule has 43 heavy (non-hydrogen) atoms. The van der Waals surface area contributed by atoms with Gasteiger partial charge in [0.15, 0.2) is 0 Å². The molecule has 2 fully saturated rings. The maximum atomic E-state index is 15.2. The molecule has 1 saturated carbocycles. The average Bonchev–Trinajstić information content (AvgIpc) is 2.99. The number of aromatic nitrogens is 2. The van der Waals surface area contributed by atoms with Gasteiger partial charge in [0.05, 0.1) is 19.3 Å². The van der Waals surface area contributed by atoms with Crippen LogP contribution in [0.3, 0.4) is 0 Å². The van der Waals surface area contributed by atoms with Crippen LogP contribution in [0.5, 0.6) is 5.75 Å². The first-order chi connectivity index (χ1) is 20.7. The first kappa shape index (κ1) is 30.5. The van der Waals surface area contributed by atoms with Crippen LogP contribution in [0.25, 0.3) is 0 Å². The molecular weight excluding hydrogens is 547 g/mol. The van der Waals surface area contributed by atoms with Crippen LogP contribution in [0.15, 0.2) is 54.7 Å². The van der Waals surface area contributed by atoms with Crippen LogP contribution in [0, 0.1) is 17.7 Å². The van der Waals surface area contributed by atoms with E-state index in [1.54, 1.807) is 25.4 Å². The fourth-order valence-electron chi connectivity index (χ4n) is 6.05. The monoisotopic (exact) mass is 590 g/mol. The number of likely N-dealkylation sites (N-methyl/N-ethyl adjacent to an activating group) is 1. The Hall–Kier alpha value is -3.92. The van der Waals surface area contributed by atoms with Crippen LogP contribution in [-0.2, 0) is 11.3 Å². The lowest BCUT2D eigenvalue weighted by atomic mass is 9.81. The summed E-state index contributed by atoms with van der Waals surface area (Å²) in [6, 6.07) is 14.7. The third-order valence-electron chi connectivity index (χ3n) is 8.79. The summed E-state index contributed by atoms with van der Waals surface area (Å²) in [6.07, 6.45) is 4.15. The van der Waals surface area contributed by atoms with Crippen LogP contribution in [0.2, 0.25) is 0 Å². The highest BCUT2D eigenvalue weighted by molar-refractivity contribution is 5.86. The standard InChI is InChI=1S/C33H43FN6O3/c1-22-8-6-9-23(2)31(22)43-33(41)40(21-25-10-7-11-27(18-25)42-5)30-14-15-35-32(37-30)36-26-12-13-29(28(34)19-26)39-17-16-38(4)24(3)20-39/h7,10-15,18-19,22-24,31H,6,8-9,16-17,20-21H2,1-5H3,(H,35,36,37). The van der Waals surface area contributed by atoms with Crippen molar-refractivity contribution in [1.82, 2.24) is 14.9 Å². The highest BCUT2D eigenvalue weighted by Crippen LogP contribution is 2.33. The van der Waals surface area contributed by atoms with Gasteiger partial charge in [0, 0.05) is 37.6 Å². The first-order valence-electron chi connectivity index (χ1n) is 15.2. The molecule has 2 heterocycles. The Balaban J connectivity index is 1.37. The number of halogens is 1. The van der Waals surface area contributed by atoms with E-state index in [1.165, 1.54) is 11.0 Å². The lowest BCUT2D eigenvalue weighted by molar-refractivity contribution is 0.0131. The number of hydrogen-bond donors (Lipinski definition) is 1. The van der Waals surface area contributed by atoms with E-state index in [0.717, 1.165) is 44.5 Å². The summed E-state index contributed by atoms with van der Waals surface area (Å²) in [4.78, 5) is 28.6. The van der Waals surface area contributed by atoms with Crippen molar-refractivity contribution in [3.63, 3.8) is 0 Å². The normalized spacial score (nSPS) is 22.6. The maximum Gasteiger partial charge on any atom is 0.416 e. The Morgan fingerprint density at radius 1 is 1.09 bits per heavy atom. The number of hydrogen-bond acceptors (Lipinski definition) is 8. The van der Waals surface area contributed by atoms with Gasteiger partial charge in [-0.25, -0.2) is 14.2 Å². The number of amides is 1. The molecule has 3 aromatic rings. The van der Waals surface area contributed by atoms with Crippen molar-refractivity contribution in [3.05, 3.63) is 66.1 Å². The molecule has 1 saturated heterocycles. The smallest absolute Gasteiger partial charge is 0.416 e. The number of methoxy groups -OCH3 is 1. The topological polar surface area (TPSA) is 83.1 Å². The van der Waals surface area contributed by atoms with E-state index in [-0.39, 0.29) is 36.3 Å². The zero-order valence-electron chi connectivity index (χ0n) is 25.8. The van der Waals surface area contributed by atoms with E-state index < -0.39 is 6.09 Å². The minimum Gasteiger partial charge on any atom is -0.497 e. The number of piperazine rings is 1. The number of ether oxygens (including phenoxy) is 2. The summed E-state index contributed by atoms with van der Waals surface area (Å²) >= 11 is 0. The number of carbonyl (C=O) groups excluding carboxylic acids is 1. The molecule has 10 heteroatoms. The number of nitrogens with zero attached hydrogens (tertiary/aromatic N) is 5. The summed E-state index contributed by atoms with van der Waals surface area (Å²) in [7, 11) is 3.70. The van der Waals surface area contributed by atoms with Gasteiger partial charge in [0.2, 0.25) is 5.95 Å². The van der Waals surface area contributed by atoms with Crippen LogP contribution in [-0.4, -0.2) is 66.9 Å². The highest BCUT2D eigenvalue weighted by Gasteiger charge is 2.33. The Bertz CT molecular complexity index is 1400. The fraction of sp³-hybridized carbons (Fsp3) is 0.485.